The molecule has 4 rings (SSSR count). The number of carbonyl (C=O) groups excluding carboxylic acids is 3. The van der Waals surface area contributed by atoms with E-state index in [4.69, 9.17) is 5.73 Å². The maximum atomic E-state index is 13.7. The van der Waals surface area contributed by atoms with Crippen molar-refractivity contribution in [3.63, 3.8) is 0 Å². The molecule has 6 nitrogen and oxygen atoms in total. The molecule has 3 N–H and O–H groups in total. The van der Waals surface area contributed by atoms with Crippen molar-refractivity contribution in [1.82, 2.24) is 5.32 Å². The number of nitrogens with zero attached hydrogens (tertiary/aromatic N) is 1. The Labute approximate surface area is 184 Å². The van der Waals surface area contributed by atoms with Crippen LogP contribution in [0, 0.1) is 0 Å². The van der Waals surface area contributed by atoms with Gasteiger partial charge in [-0.3, -0.25) is 14.4 Å². The number of thioether (sulfide) groups is 1. The van der Waals surface area contributed by atoms with E-state index in [0.717, 1.165) is 10.5 Å². The lowest BCUT2D eigenvalue weighted by Crippen LogP contribution is -2.52. The average molecular weight is 432 g/mol. The van der Waals surface area contributed by atoms with Crippen LogP contribution in [0.5, 0.6) is 0 Å². The molecule has 31 heavy (non-hydrogen) atoms. The molecule has 0 radical (unpaired) electrons. The summed E-state index contributed by atoms with van der Waals surface area (Å²) in [5.41, 5.74) is 7.41. The summed E-state index contributed by atoms with van der Waals surface area (Å²) in [5, 5.41) is 2.52. The number of benzene rings is 3. The van der Waals surface area contributed by atoms with Crippen LogP contribution in [0.15, 0.2) is 89.8 Å². The molecule has 3 aromatic carbocycles. The second-order valence-electron chi connectivity index (χ2n) is 7.12. The van der Waals surface area contributed by atoms with Gasteiger partial charge in [-0.15, -0.1) is 11.8 Å². The lowest BCUT2D eigenvalue weighted by molar-refractivity contribution is -0.123. The fourth-order valence-electron chi connectivity index (χ4n) is 3.57. The van der Waals surface area contributed by atoms with Gasteiger partial charge in [-0.25, -0.2) is 0 Å². The molecule has 0 saturated carbocycles. The first kappa shape index (κ1) is 20.7. The molecular weight excluding hydrogens is 410 g/mol. The van der Waals surface area contributed by atoms with Gasteiger partial charge in [0.15, 0.2) is 0 Å². The molecule has 3 aromatic rings. The van der Waals surface area contributed by atoms with Gasteiger partial charge in [0.2, 0.25) is 5.91 Å². The molecule has 1 heterocycles. The molecule has 156 valence electrons. The number of fused-ring (bicyclic) bond motifs is 1. The minimum Gasteiger partial charge on any atom is -0.368 e. The van der Waals surface area contributed by atoms with Crippen LogP contribution in [-0.4, -0.2) is 30.3 Å². The highest BCUT2D eigenvalue weighted by Gasteiger charge is 2.39. The van der Waals surface area contributed by atoms with Gasteiger partial charge in [0.25, 0.3) is 11.8 Å². The molecule has 0 bridgehead atoms. The van der Waals surface area contributed by atoms with Crippen molar-refractivity contribution in [3.8, 4) is 0 Å². The molecule has 0 aliphatic carbocycles. The Bertz CT molecular complexity index is 1110. The van der Waals surface area contributed by atoms with Crippen LogP contribution in [0.25, 0.3) is 0 Å². The van der Waals surface area contributed by atoms with E-state index in [-0.39, 0.29) is 23.6 Å². The van der Waals surface area contributed by atoms with Crippen LogP contribution >= 0.6 is 11.8 Å². The quantitative estimate of drug-likeness (QED) is 0.649. The number of nitrogens with one attached hydrogen (secondary N) is 1. The van der Waals surface area contributed by atoms with E-state index in [1.165, 1.54) is 16.7 Å². The van der Waals surface area contributed by atoms with Crippen molar-refractivity contribution >= 4 is 35.2 Å². The summed E-state index contributed by atoms with van der Waals surface area (Å²) >= 11 is 1.48. The second-order valence-corrected chi connectivity index (χ2v) is 8.31. The van der Waals surface area contributed by atoms with Crippen molar-refractivity contribution in [1.29, 1.82) is 0 Å². The molecule has 7 heteroatoms. The van der Waals surface area contributed by atoms with E-state index in [1.54, 1.807) is 36.4 Å². The topological polar surface area (TPSA) is 92.5 Å². The zero-order valence-electron chi connectivity index (χ0n) is 16.6. The van der Waals surface area contributed by atoms with Crippen LogP contribution in [0.2, 0.25) is 0 Å². The highest BCUT2D eigenvalue weighted by molar-refractivity contribution is 7.99. The zero-order chi connectivity index (χ0) is 21.8. The summed E-state index contributed by atoms with van der Waals surface area (Å²) in [5.74, 6) is -1.36. The van der Waals surface area contributed by atoms with E-state index in [9.17, 15) is 14.4 Å². The van der Waals surface area contributed by atoms with Gasteiger partial charge >= 0.3 is 0 Å². The van der Waals surface area contributed by atoms with Crippen LogP contribution in [0.3, 0.4) is 0 Å². The summed E-state index contributed by atoms with van der Waals surface area (Å²) in [7, 11) is 0. The Balaban J connectivity index is 1.79. The number of nitrogens with two attached hydrogens (primary N) is 1. The molecule has 2 atom stereocenters. The fraction of sp³-hybridized carbons (Fsp3) is 0.125. The van der Waals surface area contributed by atoms with E-state index < -0.39 is 11.9 Å². The predicted octanol–water partition coefficient (Wildman–Crippen LogP) is 3.15. The monoisotopic (exact) mass is 431 g/mol. The number of hydrogen-bond acceptors (Lipinski definition) is 4. The van der Waals surface area contributed by atoms with Gasteiger partial charge in [0.1, 0.15) is 12.6 Å². The number of primary amides is 1. The summed E-state index contributed by atoms with van der Waals surface area (Å²) in [6.07, 6.45) is 0. The van der Waals surface area contributed by atoms with Crippen LogP contribution < -0.4 is 16.0 Å². The third kappa shape index (κ3) is 4.46. The molecule has 0 unspecified atom stereocenters. The lowest BCUT2D eigenvalue weighted by atomic mass is 10.0. The molecule has 1 aliphatic heterocycles. The fourth-order valence-corrected chi connectivity index (χ4v) is 4.92. The Hall–Kier alpha value is -3.58. The van der Waals surface area contributed by atoms with Gasteiger partial charge < -0.3 is 16.0 Å². The molecule has 0 fully saturated rings. The Morgan fingerprint density at radius 2 is 1.52 bits per heavy atom. The minimum absolute atomic E-state index is 0.268. The molecule has 0 aromatic heterocycles. The number of para-hydroxylation sites is 1. The lowest BCUT2D eigenvalue weighted by Gasteiger charge is -2.28. The molecule has 3 amide bonds. The number of hydrogen-bond donors (Lipinski definition) is 2. The Kier molecular flexibility index (Phi) is 6.04. The highest BCUT2D eigenvalue weighted by atomic mass is 32.2. The van der Waals surface area contributed by atoms with Crippen LogP contribution in [0.4, 0.5) is 5.69 Å². The first-order chi connectivity index (χ1) is 15.0. The first-order valence-electron chi connectivity index (χ1n) is 9.81. The summed E-state index contributed by atoms with van der Waals surface area (Å²) in [4.78, 5) is 40.6. The third-order valence-electron chi connectivity index (χ3n) is 5.01. The average Bonchev–Trinajstić information content (AvgIpc) is 2.90. The van der Waals surface area contributed by atoms with Crippen LogP contribution in [-0.2, 0) is 9.59 Å². The van der Waals surface area contributed by atoms with Crippen LogP contribution in [0.1, 0.15) is 21.2 Å². The van der Waals surface area contributed by atoms with Gasteiger partial charge in [-0.2, -0.15) is 0 Å². The third-order valence-corrected chi connectivity index (χ3v) is 6.41. The van der Waals surface area contributed by atoms with Gasteiger partial charge in [-0.05, 0) is 29.8 Å². The van der Waals surface area contributed by atoms with Crippen molar-refractivity contribution in [2.24, 2.45) is 5.73 Å². The molecular formula is C24H21N3O3S. The van der Waals surface area contributed by atoms with E-state index in [0.29, 0.717) is 11.3 Å². The first-order valence-corrected chi connectivity index (χ1v) is 10.7. The SMILES string of the molecule is NC(=O)CN1C(=O)[C@H](NC(=O)c2ccccc2)[C@@H](c2ccccc2)Sc2ccccc21. The minimum atomic E-state index is -0.896. The van der Waals surface area contributed by atoms with E-state index in [1.807, 2.05) is 48.5 Å². The number of anilines is 1. The predicted molar refractivity (Wildman–Crippen MR) is 121 cm³/mol. The number of amides is 3. The van der Waals surface area contributed by atoms with E-state index >= 15 is 0 Å². The largest absolute Gasteiger partial charge is 0.368 e. The summed E-state index contributed by atoms with van der Waals surface area (Å²) in [6.45, 7) is -0.268. The number of carbonyl (C=O) groups is 3. The van der Waals surface area contributed by atoms with Gasteiger partial charge in [0.05, 0.1) is 10.9 Å². The normalized spacial score (nSPS) is 18.1. The maximum Gasteiger partial charge on any atom is 0.251 e. The summed E-state index contributed by atoms with van der Waals surface area (Å²) in [6, 6.07) is 24.8. The Morgan fingerprint density at radius 3 is 2.19 bits per heavy atom. The van der Waals surface area contributed by atoms with Crippen molar-refractivity contribution in [3.05, 3.63) is 96.1 Å². The standard InChI is InChI=1S/C24H21N3O3S/c25-20(28)15-27-18-13-7-8-14-19(18)31-22(16-9-3-1-4-10-16)21(24(27)30)26-23(29)17-11-5-2-6-12-17/h1-14,21-22H,15H2,(H2,25,28)(H,26,29)/t21-,22-/m1/s1. The van der Waals surface area contributed by atoms with Crippen molar-refractivity contribution in [2.45, 2.75) is 16.2 Å². The van der Waals surface area contributed by atoms with Crippen molar-refractivity contribution < 1.29 is 14.4 Å². The Morgan fingerprint density at radius 1 is 0.903 bits per heavy atom. The molecule has 0 spiro atoms. The highest BCUT2D eigenvalue weighted by Crippen LogP contribution is 2.45. The number of rotatable bonds is 5. The molecule has 1 aliphatic rings. The zero-order valence-corrected chi connectivity index (χ0v) is 17.4. The summed E-state index contributed by atoms with van der Waals surface area (Å²) < 4.78 is 0. The van der Waals surface area contributed by atoms with Gasteiger partial charge in [-0.1, -0.05) is 60.7 Å². The van der Waals surface area contributed by atoms with Gasteiger partial charge in [0, 0.05) is 10.5 Å². The maximum absolute atomic E-state index is 13.7. The second kappa shape index (κ2) is 9.06. The smallest absolute Gasteiger partial charge is 0.251 e. The van der Waals surface area contributed by atoms with E-state index in [2.05, 4.69) is 5.32 Å². The van der Waals surface area contributed by atoms with Crippen molar-refractivity contribution in [2.75, 3.05) is 11.4 Å². The molecule has 0 saturated heterocycles.